The van der Waals surface area contributed by atoms with Gasteiger partial charge in [0, 0.05) is 17.1 Å². The van der Waals surface area contributed by atoms with Gasteiger partial charge in [0.2, 0.25) is 0 Å². The Morgan fingerprint density at radius 3 is 2.24 bits per heavy atom. The fourth-order valence-electron chi connectivity index (χ4n) is 2.49. The highest BCUT2D eigenvalue weighted by atomic mass is 15.2. The van der Waals surface area contributed by atoms with Crippen molar-refractivity contribution in [2.45, 2.75) is 46.2 Å². The van der Waals surface area contributed by atoms with E-state index in [1.807, 2.05) is 30.3 Å². The van der Waals surface area contributed by atoms with E-state index in [4.69, 9.17) is 0 Å². The molecule has 0 amide bonds. The summed E-state index contributed by atoms with van der Waals surface area (Å²) < 4.78 is 2.08. The van der Waals surface area contributed by atoms with Crippen LogP contribution in [0, 0.1) is 11.3 Å². The summed E-state index contributed by atoms with van der Waals surface area (Å²) in [7, 11) is 0. The number of nitrogens with zero attached hydrogens (tertiary/aromatic N) is 2. The number of hydrogen-bond donors (Lipinski definition) is 1. The summed E-state index contributed by atoms with van der Waals surface area (Å²) >= 11 is 0. The average molecular weight is 281 g/mol. The van der Waals surface area contributed by atoms with E-state index < -0.39 is 0 Å². The number of nitriles is 1. The Kier molecular flexibility index (Phi) is 4.09. The molecule has 1 heterocycles. The highest BCUT2D eigenvalue weighted by molar-refractivity contribution is 5.74. The summed E-state index contributed by atoms with van der Waals surface area (Å²) in [5, 5.41) is 13.1. The molecule has 3 heteroatoms. The first kappa shape index (κ1) is 15.2. The van der Waals surface area contributed by atoms with E-state index in [0.29, 0.717) is 5.69 Å². The Hall–Kier alpha value is -2.21. The van der Waals surface area contributed by atoms with E-state index in [1.165, 1.54) is 0 Å². The van der Waals surface area contributed by atoms with Crippen LogP contribution in [0.5, 0.6) is 0 Å². The van der Waals surface area contributed by atoms with Crippen molar-refractivity contribution in [3.63, 3.8) is 0 Å². The standard InChI is InChI=1S/C18H23N3/c1-13(2)21-16(12-19)15(14-9-7-6-8-10-14)11-17(21)20-18(3,4)5/h6-11,13,20H,1-5H3. The van der Waals surface area contributed by atoms with Gasteiger partial charge in [-0.1, -0.05) is 30.3 Å². The van der Waals surface area contributed by atoms with Crippen LogP contribution < -0.4 is 5.32 Å². The lowest BCUT2D eigenvalue weighted by atomic mass is 10.1. The van der Waals surface area contributed by atoms with Crippen LogP contribution in [0.15, 0.2) is 36.4 Å². The predicted octanol–water partition coefficient (Wildman–Crippen LogP) is 4.82. The van der Waals surface area contributed by atoms with Gasteiger partial charge in [-0.05, 0) is 46.2 Å². The van der Waals surface area contributed by atoms with Crippen LogP contribution in [-0.4, -0.2) is 10.1 Å². The van der Waals surface area contributed by atoms with Crippen molar-refractivity contribution in [3.05, 3.63) is 42.1 Å². The molecule has 0 bridgehead atoms. The first-order chi connectivity index (χ1) is 9.83. The molecule has 0 aliphatic carbocycles. The van der Waals surface area contributed by atoms with E-state index in [9.17, 15) is 5.26 Å². The molecule has 0 unspecified atom stereocenters. The van der Waals surface area contributed by atoms with Gasteiger partial charge in [-0.25, -0.2) is 0 Å². The first-order valence-corrected chi connectivity index (χ1v) is 7.32. The van der Waals surface area contributed by atoms with E-state index in [2.05, 4.69) is 56.6 Å². The zero-order valence-electron chi connectivity index (χ0n) is 13.4. The van der Waals surface area contributed by atoms with E-state index >= 15 is 0 Å². The molecule has 0 atom stereocenters. The van der Waals surface area contributed by atoms with Crippen LogP contribution >= 0.6 is 0 Å². The van der Waals surface area contributed by atoms with Gasteiger partial charge in [0.1, 0.15) is 17.6 Å². The largest absolute Gasteiger partial charge is 0.367 e. The number of benzene rings is 1. The topological polar surface area (TPSA) is 40.8 Å². The van der Waals surface area contributed by atoms with Gasteiger partial charge in [-0.2, -0.15) is 5.26 Å². The van der Waals surface area contributed by atoms with Gasteiger partial charge in [0.15, 0.2) is 0 Å². The minimum absolute atomic E-state index is 0.0499. The second-order valence-corrected chi connectivity index (χ2v) is 6.61. The lowest BCUT2D eigenvalue weighted by Crippen LogP contribution is -2.28. The molecule has 3 nitrogen and oxygen atoms in total. The Balaban J connectivity index is 2.63. The van der Waals surface area contributed by atoms with Gasteiger partial charge in [0.25, 0.3) is 0 Å². The summed E-state index contributed by atoms with van der Waals surface area (Å²) in [5.41, 5.74) is 2.72. The van der Waals surface area contributed by atoms with E-state index in [0.717, 1.165) is 16.9 Å². The van der Waals surface area contributed by atoms with Gasteiger partial charge < -0.3 is 9.88 Å². The molecule has 0 saturated carbocycles. The third kappa shape index (κ3) is 3.28. The first-order valence-electron chi connectivity index (χ1n) is 7.32. The van der Waals surface area contributed by atoms with Crippen molar-refractivity contribution in [2.24, 2.45) is 0 Å². The third-order valence-corrected chi connectivity index (χ3v) is 3.25. The van der Waals surface area contributed by atoms with Crippen LogP contribution in [0.4, 0.5) is 5.82 Å². The quantitative estimate of drug-likeness (QED) is 0.876. The molecule has 0 aliphatic heterocycles. The van der Waals surface area contributed by atoms with Gasteiger partial charge in [-0.15, -0.1) is 0 Å². The van der Waals surface area contributed by atoms with Gasteiger partial charge in [-0.3, -0.25) is 0 Å². The summed E-state index contributed by atoms with van der Waals surface area (Å²) in [4.78, 5) is 0. The van der Waals surface area contributed by atoms with Gasteiger partial charge >= 0.3 is 0 Å². The lowest BCUT2D eigenvalue weighted by molar-refractivity contribution is 0.573. The van der Waals surface area contributed by atoms with Crippen molar-refractivity contribution in [1.29, 1.82) is 5.26 Å². The minimum atomic E-state index is -0.0499. The minimum Gasteiger partial charge on any atom is -0.367 e. The number of anilines is 1. The highest BCUT2D eigenvalue weighted by Crippen LogP contribution is 2.33. The average Bonchev–Trinajstić information content (AvgIpc) is 2.76. The second kappa shape index (κ2) is 5.65. The van der Waals surface area contributed by atoms with Crippen LogP contribution in [0.2, 0.25) is 0 Å². The number of nitrogens with one attached hydrogen (secondary N) is 1. The van der Waals surface area contributed by atoms with Crippen LogP contribution in [0.1, 0.15) is 46.4 Å². The van der Waals surface area contributed by atoms with Crippen molar-refractivity contribution >= 4 is 5.82 Å². The maximum atomic E-state index is 9.62. The Morgan fingerprint density at radius 1 is 1.14 bits per heavy atom. The summed E-state index contributed by atoms with van der Waals surface area (Å²) in [6.45, 7) is 10.6. The fourth-order valence-corrected chi connectivity index (χ4v) is 2.49. The maximum absolute atomic E-state index is 9.62. The van der Waals surface area contributed by atoms with Crippen molar-refractivity contribution < 1.29 is 0 Å². The number of hydrogen-bond acceptors (Lipinski definition) is 2. The molecule has 0 spiro atoms. The molecule has 2 aromatic rings. The Morgan fingerprint density at radius 2 is 1.76 bits per heavy atom. The van der Waals surface area contributed by atoms with Gasteiger partial charge in [0.05, 0.1) is 0 Å². The molecular formula is C18H23N3. The van der Waals surface area contributed by atoms with Crippen molar-refractivity contribution in [1.82, 2.24) is 4.57 Å². The molecule has 110 valence electrons. The molecule has 21 heavy (non-hydrogen) atoms. The smallest absolute Gasteiger partial charge is 0.130 e. The SMILES string of the molecule is CC(C)n1c(NC(C)(C)C)cc(-c2ccccc2)c1C#N. The normalized spacial score (nSPS) is 11.5. The Bertz CT molecular complexity index is 652. The number of aromatic nitrogens is 1. The maximum Gasteiger partial charge on any atom is 0.130 e. The molecule has 1 N–H and O–H groups in total. The van der Waals surface area contributed by atoms with Crippen molar-refractivity contribution in [3.8, 4) is 17.2 Å². The molecular weight excluding hydrogens is 258 g/mol. The lowest BCUT2D eigenvalue weighted by Gasteiger charge is -2.24. The molecule has 0 aliphatic rings. The third-order valence-electron chi connectivity index (χ3n) is 3.25. The monoisotopic (exact) mass is 281 g/mol. The second-order valence-electron chi connectivity index (χ2n) is 6.61. The fraction of sp³-hybridized carbons (Fsp3) is 0.389. The summed E-state index contributed by atoms with van der Waals surface area (Å²) in [5.74, 6) is 0.993. The molecule has 1 aromatic carbocycles. The molecule has 1 aromatic heterocycles. The zero-order chi connectivity index (χ0) is 15.6. The Labute approximate surface area is 127 Å². The highest BCUT2D eigenvalue weighted by Gasteiger charge is 2.21. The van der Waals surface area contributed by atoms with Crippen molar-refractivity contribution in [2.75, 3.05) is 5.32 Å². The van der Waals surface area contributed by atoms with Crippen LogP contribution in [0.25, 0.3) is 11.1 Å². The zero-order valence-corrected chi connectivity index (χ0v) is 13.4. The molecule has 0 saturated heterocycles. The molecule has 0 radical (unpaired) electrons. The molecule has 2 rings (SSSR count). The van der Waals surface area contributed by atoms with Crippen LogP contribution in [-0.2, 0) is 0 Å². The summed E-state index contributed by atoms with van der Waals surface area (Å²) in [6, 6.07) is 14.8. The van der Waals surface area contributed by atoms with E-state index in [-0.39, 0.29) is 11.6 Å². The summed E-state index contributed by atoms with van der Waals surface area (Å²) in [6.07, 6.45) is 0. The van der Waals surface area contributed by atoms with E-state index in [1.54, 1.807) is 0 Å². The molecule has 0 fully saturated rings. The predicted molar refractivity (Wildman–Crippen MR) is 88.3 cm³/mol. The number of rotatable bonds is 3. The van der Waals surface area contributed by atoms with Crippen LogP contribution in [0.3, 0.4) is 0 Å².